The Bertz CT molecular complexity index is 150. The van der Waals surface area contributed by atoms with Crippen LogP contribution in [0.3, 0.4) is 0 Å². The molecule has 0 aliphatic rings. The van der Waals surface area contributed by atoms with Gasteiger partial charge in [-0.1, -0.05) is 0 Å². The van der Waals surface area contributed by atoms with Gasteiger partial charge in [0.15, 0.2) is 0 Å². The third-order valence-corrected chi connectivity index (χ3v) is 0.993. The van der Waals surface area contributed by atoms with E-state index in [9.17, 15) is 0 Å². The van der Waals surface area contributed by atoms with E-state index in [1.165, 1.54) is 0 Å². The molecule has 0 amide bonds. The maximum absolute atomic E-state index is 5.32. The van der Waals surface area contributed by atoms with Gasteiger partial charge in [-0.2, -0.15) is 30.3 Å². The quantitative estimate of drug-likeness (QED) is 0.343. The number of rotatable bonds is 1. The van der Waals surface area contributed by atoms with Gasteiger partial charge < -0.3 is 5.73 Å². The van der Waals surface area contributed by atoms with Crippen molar-refractivity contribution >= 4 is 0 Å². The number of hydrogen-bond donors (Lipinski definition) is 1. The molecular formula is C7H8NNa. The summed E-state index contributed by atoms with van der Waals surface area (Å²) in [5.74, 6) is 0. The van der Waals surface area contributed by atoms with Gasteiger partial charge >= 0.3 is 29.6 Å². The monoisotopic (exact) mass is 129 g/mol. The van der Waals surface area contributed by atoms with Crippen molar-refractivity contribution in [3.63, 3.8) is 0 Å². The Hall–Kier alpha value is 0.180. The molecule has 0 aliphatic carbocycles. The van der Waals surface area contributed by atoms with E-state index in [0.29, 0.717) is 6.54 Å². The number of hydrogen-bond acceptors (Lipinski definition) is 1. The predicted molar refractivity (Wildman–Crippen MR) is 33.2 cm³/mol. The van der Waals surface area contributed by atoms with E-state index in [1.54, 1.807) is 0 Å². The van der Waals surface area contributed by atoms with E-state index in [-0.39, 0.29) is 29.6 Å². The van der Waals surface area contributed by atoms with E-state index in [4.69, 9.17) is 5.73 Å². The molecule has 0 bridgehead atoms. The second kappa shape index (κ2) is 5.00. The summed E-state index contributed by atoms with van der Waals surface area (Å²) in [7, 11) is 0. The Morgan fingerprint density at radius 3 is 2.56 bits per heavy atom. The molecule has 1 aromatic rings. The minimum absolute atomic E-state index is 0. The molecule has 0 saturated carbocycles. The molecule has 0 spiro atoms. The van der Waals surface area contributed by atoms with Gasteiger partial charge in [-0.05, 0) is 6.54 Å². The van der Waals surface area contributed by atoms with Crippen LogP contribution < -0.4 is 35.3 Å². The minimum Gasteiger partial charge on any atom is -0.328 e. The molecule has 9 heavy (non-hydrogen) atoms. The first-order valence-corrected chi connectivity index (χ1v) is 2.59. The Morgan fingerprint density at radius 2 is 2.22 bits per heavy atom. The summed E-state index contributed by atoms with van der Waals surface area (Å²) in [5, 5.41) is 0. The average molecular weight is 129 g/mol. The smallest absolute Gasteiger partial charge is 0.328 e. The molecule has 42 valence electrons. The number of nitrogens with two attached hydrogens (primary N) is 1. The van der Waals surface area contributed by atoms with Crippen LogP contribution in [0.2, 0.25) is 0 Å². The molecule has 0 aliphatic heterocycles. The minimum atomic E-state index is 0. The van der Waals surface area contributed by atoms with Crippen LogP contribution in [0.1, 0.15) is 5.56 Å². The molecule has 2 heteroatoms. The van der Waals surface area contributed by atoms with E-state index in [2.05, 4.69) is 6.07 Å². The maximum Gasteiger partial charge on any atom is 1.00 e. The Morgan fingerprint density at radius 1 is 1.44 bits per heavy atom. The second-order valence-electron chi connectivity index (χ2n) is 1.59. The molecule has 0 atom stereocenters. The van der Waals surface area contributed by atoms with Crippen LogP contribution in [0.15, 0.2) is 24.3 Å². The first-order valence-electron chi connectivity index (χ1n) is 2.59. The van der Waals surface area contributed by atoms with E-state index in [1.807, 2.05) is 24.3 Å². The van der Waals surface area contributed by atoms with Crippen molar-refractivity contribution in [2.24, 2.45) is 5.73 Å². The van der Waals surface area contributed by atoms with Gasteiger partial charge in [0.2, 0.25) is 0 Å². The summed E-state index contributed by atoms with van der Waals surface area (Å²) in [5.41, 5.74) is 6.38. The molecule has 0 radical (unpaired) electrons. The van der Waals surface area contributed by atoms with Crippen molar-refractivity contribution in [3.8, 4) is 0 Å². The van der Waals surface area contributed by atoms with Crippen molar-refractivity contribution in [2.75, 3.05) is 0 Å². The fraction of sp³-hybridized carbons (Fsp3) is 0.143. The summed E-state index contributed by atoms with van der Waals surface area (Å²) in [6.07, 6.45) is 0. The summed E-state index contributed by atoms with van der Waals surface area (Å²) < 4.78 is 0. The molecular weight excluding hydrogens is 121 g/mol. The van der Waals surface area contributed by atoms with Gasteiger partial charge in [-0.15, -0.1) is 5.56 Å². The molecule has 1 rings (SSSR count). The Labute approximate surface area is 77.5 Å². The molecule has 2 N–H and O–H groups in total. The van der Waals surface area contributed by atoms with Gasteiger partial charge in [-0.25, -0.2) is 0 Å². The largest absolute Gasteiger partial charge is 1.00 e. The maximum atomic E-state index is 5.32. The van der Waals surface area contributed by atoms with Crippen LogP contribution >= 0.6 is 0 Å². The Kier molecular flexibility index (Phi) is 5.10. The van der Waals surface area contributed by atoms with Gasteiger partial charge in [0.05, 0.1) is 0 Å². The average Bonchev–Trinajstić information content (AvgIpc) is 1.90. The van der Waals surface area contributed by atoms with Crippen molar-refractivity contribution in [2.45, 2.75) is 6.54 Å². The molecule has 0 aromatic heterocycles. The summed E-state index contributed by atoms with van der Waals surface area (Å²) in [4.78, 5) is 0. The van der Waals surface area contributed by atoms with Crippen LogP contribution in [0.25, 0.3) is 0 Å². The SMILES string of the molecule is NCc1[c-]cccc1.[Na+]. The first kappa shape index (κ1) is 9.18. The zero-order chi connectivity index (χ0) is 5.82. The van der Waals surface area contributed by atoms with Crippen molar-refractivity contribution in [1.29, 1.82) is 0 Å². The zero-order valence-corrected chi connectivity index (χ0v) is 7.59. The molecule has 0 heterocycles. The fourth-order valence-electron chi connectivity index (χ4n) is 0.557. The van der Waals surface area contributed by atoms with Crippen LogP contribution in [-0.2, 0) is 6.54 Å². The first-order chi connectivity index (χ1) is 3.93. The molecule has 0 unspecified atom stereocenters. The van der Waals surface area contributed by atoms with E-state index in [0.717, 1.165) is 5.56 Å². The predicted octanol–water partition coefficient (Wildman–Crippen LogP) is -2.05. The summed E-state index contributed by atoms with van der Waals surface area (Å²) in [6, 6.07) is 10.7. The van der Waals surface area contributed by atoms with Crippen molar-refractivity contribution < 1.29 is 29.6 Å². The van der Waals surface area contributed by atoms with Crippen molar-refractivity contribution in [3.05, 3.63) is 35.9 Å². The van der Waals surface area contributed by atoms with Gasteiger partial charge in [0.1, 0.15) is 0 Å². The number of benzene rings is 1. The van der Waals surface area contributed by atoms with E-state index >= 15 is 0 Å². The Balaban J connectivity index is 0.000000640. The van der Waals surface area contributed by atoms with Crippen molar-refractivity contribution in [1.82, 2.24) is 0 Å². The molecule has 0 fully saturated rings. The van der Waals surface area contributed by atoms with Gasteiger partial charge in [-0.3, -0.25) is 0 Å². The molecule has 0 saturated heterocycles. The fourth-order valence-corrected chi connectivity index (χ4v) is 0.557. The van der Waals surface area contributed by atoms with Gasteiger partial charge in [0.25, 0.3) is 0 Å². The molecule has 1 aromatic carbocycles. The summed E-state index contributed by atoms with van der Waals surface area (Å²) >= 11 is 0. The molecule has 1 nitrogen and oxygen atoms in total. The van der Waals surface area contributed by atoms with Crippen LogP contribution in [0.5, 0.6) is 0 Å². The standard InChI is InChI=1S/C7H8N.Na/c8-6-7-4-2-1-3-5-7;/h1-4H,6,8H2;/q-1;+1. The van der Waals surface area contributed by atoms with Crippen LogP contribution in [0.4, 0.5) is 0 Å². The summed E-state index contributed by atoms with van der Waals surface area (Å²) in [6.45, 7) is 0.584. The van der Waals surface area contributed by atoms with Gasteiger partial charge in [0, 0.05) is 0 Å². The topological polar surface area (TPSA) is 26.0 Å². The van der Waals surface area contributed by atoms with Crippen LogP contribution in [-0.4, -0.2) is 0 Å². The third kappa shape index (κ3) is 3.01. The van der Waals surface area contributed by atoms with Crippen LogP contribution in [0, 0.1) is 6.07 Å². The zero-order valence-electron chi connectivity index (χ0n) is 5.59. The second-order valence-corrected chi connectivity index (χ2v) is 1.59. The third-order valence-electron chi connectivity index (χ3n) is 0.993. The normalized spacial score (nSPS) is 8.11. The van der Waals surface area contributed by atoms with E-state index < -0.39 is 0 Å².